The summed E-state index contributed by atoms with van der Waals surface area (Å²) in [5.74, 6) is -3.19. The fourth-order valence-electron chi connectivity index (χ4n) is 7.12. The number of esters is 1. The summed E-state index contributed by atoms with van der Waals surface area (Å²) in [6.07, 6.45) is 7.68. The van der Waals surface area contributed by atoms with Crippen molar-refractivity contribution in [1.82, 2.24) is 20.9 Å². The zero-order chi connectivity index (χ0) is 29.9. The van der Waals surface area contributed by atoms with E-state index < -0.39 is 47.7 Å². The lowest BCUT2D eigenvalue weighted by Gasteiger charge is -2.37. The molecule has 1 aliphatic heterocycles. The highest BCUT2D eigenvalue weighted by molar-refractivity contribution is 6.37. The number of carbonyl (C=O) groups excluding carboxylic acids is 6. The maximum Gasteiger partial charge on any atom is 0.325 e. The molecule has 0 radical (unpaired) electrons. The van der Waals surface area contributed by atoms with Gasteiger partial charge in [0, 0.05) is 6.54 Å². The summed E-state index contributed by atoms with van der Waals surface area (Å²) in [5.41, 5.74) is 5.14. The molecule has 5 amide bonds. The number of ketones is 1. The van der Waals surface area contributed by atoms with E-state index in [9.17, 15) is 28.8 Å². The van der Waals surface area contributed by atoms with Crippen molar-refractivity contribution in [3.05, 3.63) is 0 Å². The Labute approximate surface area is 241 Å². The molecule has 1 saturated heterocycles. The van der Waals surface area contributed by atoms with Gasteiger partial charge in [-0.2, -0.15) is 0 Å². The van der Waals surface area contributed by atoms with Gasteiger partial charge in [0.1, 0.15) is 18.6 Å². The van der Waals surface area contributed by atoms with E-state index in [0.29, 0.717) is 13.0 Å². The Balaban J connectivity index is 1.52. The Morgan fingerprint density at radius 2 is 1.66 bits per heavy atom. The van der Waals surface area contributed by atoms with Crippen LogP contribution in [0.3, 0.4) is 0 Å². The van der Waals surface area contributed by atoms with Crippen LogP contribution in [0.25, 0.3) is 0 Å². The molecule has 0 aromatic carbocycles. The lowest BCUT2D eigenvalue weighted by atomic mass is 9.80. The van der Waals surface area contributed by atoms with E-state index in [1.807, 2.05) is 0 Å². The summed E-state index contributed by atoms with van der Waals surface area (Å²) in [7, 11) is 0. The molecule has 4 aliphatic rings. The first kappa shape index (κ1) is 30.8. The van der Waals surface area contributed by atoms with Crippen LogP contribution in [-0.4, -0.2) is 78.2 Å². The molecule has 0 bridgehead atoms. The first-order valence-corrected chi connectivity index (χ1v) is 15.1. The van der Waals surface area contributed by atoms with E-state index in [2.05, 4.69) is 29.8 Å². The van der Waals surface area contributed by atoms with Gasteiger partial charge in [-0.25, -0.2) is 4.79 Å². The molecule has 3 aliphatic carbocycles. The van der Waals surface area contributed by atoms with Crippen molar-refractivity contribution in [3.8, 4) is 0 Å². The van der Waals surface area contributed by atoms with Gasteiger partial charge in [0.05, 0.1) is 12.6 Å². The number of ether oxygens (including phenoxy) is 1. The maximum absolute atomic E-state index is 14.1. The van der Waals surface area contributed by atoms with Crippen LogP contribution in [0, 0.1) is 29.1 Å². The van der Waals surface area contributed by atoms with Gasteiger partial charge in [0.25, 0.3) is 5.91 Å². The molecule has 4 rings (SSSR count). The number of piperidine rings is 1. The van der Waals surface area contributed by atoms with Crippen molar-refractivity contribution < 1.29 is 33.5 Å². The number of hydrogen-bond donors (Lipinski definition) is 4. The van der Waals surface area contributed by atoms with Gasteiger partial charge in [0.2, 0.25) is 17.6 Å². The molecule has 0 spiro atoms. The average Bonchev–Trinajstić information content (AvgIpc) is 3.23. The van der Waals surface area contributed by atoms with Crippen LogP contribution in [-0.2, 0) is 28.7 Å². The number of carbonyl (C=O) groups is 6. The van der Waals surface area contributed by atoms with Crippen molar-refractivity contribution in [2.24, 2.45) is 34.8 Å². The number of nitrogens with two attached hydrogens (primary N) is 1. The van der Waals surface area contributed by atoms with Crippen LogP contribution in [0.2, 0.25) is 0 Å². The minimum absolute atomic E-state index is 0.101. The summed E-state index contributed by atoms with van der Waals surface area (Å²) in [4.78, 5) is 78.4. The fraction of sp³-hybridized carbons (Fsp3) is 0.793. The number of likely N-dealkylation sites (tertiary alicyclic amines) is 1. The summed E-state index contributed by atoms with van der Waals surface area (Å²) < 4.78 is 4.86. The highest BCUT2D eigenvalue weighted by atomic mass is 16.5. The second kappa shape index (κ2) is 12.8. The summed E-state index contributed by atoms with van der Waals surface area (Å²) >= 11 is 0. The molecule has 4 fully saturated rings. The van der Waals surface area contributed by atoms with Gasteiger partial charge in [-0.05, 0) is 55.3 Å². The maximum atomic E-state index is 14.1. The van der Waals surface area contributed by atoms with Crippen LogP contribution in [0.5, 0.6) is 0 Å². The number of nitrogens with one attached hydrogen (secondary N) is 3. The first-order chi connectivity index (χ1) is 19.4. The van der Waals surface area contributed by atoms with E-state index in [1.54, 1.807) is 11.8 Å². The lowest BCUT2D eigenvalue weighted by molar-refractivity contribution is -0.144. The predicted molar refractivity (Wildman–Crippen MR) is 148 cm³/mol. The Kier molecular flexibility index (Phi) is 9.59. The molecule has 1 heterocycles. The van der Waals surface area contributed by atoms with Crippen molar-refractivity contribution in [1.29, 1.82) is 0 Å². The largest absolute Gasteiger partial charge is 0.465 e. The number of primary amides is 1. The Hall–Kier alpha value is -3.18. The van der Waals surface area contributed by atoms with Crippen LogP contribution in [0.15, 0.2) is 0 Å². The Morgan fingerprint density at radius 1 is 0.976 bits per heavy atom. The van der Waals surface area contributed by atoms with Crippen LogP contribution in [0.4, 0.5) is 4.79 Å². The molecule has 12 heteroatoms. The Bertz CT molecular complexity index is 1050. The number of rotatable bonds is 12. The molecule has 41 heavy (non-hydrogen) atoms. The number of hydrogen-bond acceptors (Lipinski definition) is 7. The van der Waals surface area contributed by atoms with Crippen molar-refractivity contribution >= 4 is 35.5 Å². The van der Waals surface area contributed by atoms with Crippen LogP contribution in [0.1, 0.15) is 78.6 Å². The third-order valence-corrected chi connectivity index (χ3v) is 9.80. The van der Waals surface area contributed by atoms with E-state index in [4.69, 9.17) is 10.5 Å². The zero-order valence-electron chi connectivity index (χ0n) is 24.4. The van der Waals surface area contributed by atoms with Crippen molar-refractivity contribution in [2.45, 2.75) is 96.7 Å². The highest BCUT2D eigenvalue weighted by Gasteiger charge is 2.69. The third-order valence-electron chi connectivity index (χ3n) is 9.80. The lowest BCUT2D eigenvalue weighted by Crippen LogP contribution is -2.60. The van der Waals surface area contributed by atoms with Gasteiger partial charge in [-0.3, -0.25) is 24.0 Å². The molecule has 3 saturated carbocycles. The number of nitrogens with zero attached hydrogens (tertiary/aromatic N) is 1. The first-order valence-electron chi connectivity index (χ1n) is 15.1. The molecule has 228 valence electrons. The molecule has 0 aromatic rings. The topological polar surface area (TPSA) is 177 Å². The molecule has 5 atom stereocenters. The van der Waals surface area contributed by atoms with Gasteiger partial charge >= 0.3 is 12.0 Å². The number of fused-ring (bicyclic) bond motifs is 1. The predicted octanol–water partition coefficient (Wildman–Crippen LogP) is 1.01. The van der Waals surface area contributed by atoms with Gasteiger partial charge in [-0.1, -0.05) is 52.4 Å². The standard InChI is InChI=1S/C29H45N5O7/c1-4-41-20(35)14-31-28(40)33-22(17-11-6-5-7-12-17)27(39)34-15-18-21(29(18,2)3)23(34)26(38)32-19(24(36)25(30)37)13-16-9-8-10-16/h16-19,21-23H,4-15H2,1-3H3,(H2,30,37)(H,32,38)(H2,31,33,40)/t18-,19?,21-,22-,23-/m0/s1. The van der Waals surface area contributed by atoms with Crippen LogP contribution >= 0.6 is 0 Å². The van der Waals surface area contributed by atoms with Crippen LogP contribution < -0.4 is 21.7 Å². The molecule has 12 nitrogen and oxygen atoms in total. The quantitative estimate of drug-likeness (QED) is 0.198. The fourth-order valence-corrected chi connectivity index (χ4v) is 7.12. The molecule has 1 unspecified atom stereocenters. The molecule has 5 N–H and O–H groups in total. The summed E-state index contributed by atoms with van der Waals surface area (Å²) in [6.45, 7) is 6.02. The SMILES string of the molecule is CCOC(=O)CNC(=O)N[C@H](C(=O)N1C[C@H]2[C@@H]([C@H]1C(=O)NC(CC1CCC1)C(=O)C(N)=O)C2(C)C)C1CCCCC1. The van der Waals surface area contributed by atoms with E-state index in [1.165, 1.54) is 0 Å². The number of Topliss-reactive ketones (excluding diaryl/α,β-unsaturated/α-hetero) is 1. The second-order valence-corrected chi connectivity index (χ2v) is 12.7. The normalized spacial score (nSPS) is 26.5. The van der Waals surface area contributed by atoms with Gasteiger partial charge in [0.15, 0.2) is 0 Å². The van der Waals surface area contributed by atoms with E-state index >= 15 is 0 Å². The number of urea groups is 1. The third kappa shape index (κ3) is 6.83. The smallest absolute Gasteiger partial charge is 0.325 e. The number of amides is 5. The van der Waals surface area contributed by atoms with Gasteiger partial charge < -0.3 is 31.3 Å². The monoisotopic (exact) mass is 575 g/mol. The van der Waals surface area contributed by atoms with Gasteiger partial charge in [-0.15, -0.1) is 0 Å². The summed E-state index contributed by atoms with van der Waals surface area (Å²) in [5, 5.41) is 8.05. The minimum Gasteiger partial charge on any atom is -0.465 e. The zero-order valence-corrected chi connectivity index (χ0v) is 24.4. The highest BCUT2D eigenvalue weighted by Crippen LogP contribution is 2.65. The van der Waals surface area contributed by atoms with E-state index in [0.717, 1.165) is 51.4 Å². The van der Waals surface area contributed by atoms with E-state index in [-0.39, 0.29) is 48.1 Å². The molecule has 0 aromatic heterocycles. The minimum atomic E-state index is -1.09. The summed E-state index contributed by atoms with van der Waals surface area (Å²) in [6, 6.07) is -3.38. The molecular formula is C29H45N5O7. The average molecular weight is 576 g/mol. The second-order valence-electron chi connectivity index (χ2n) is 12.7. The molecular weight excluding hydrogens is 530 g/mol. The van der Waals surface area contributed by atoms with Crippen molar-refractivity contribution in [2.75, 3.05) is 19.7 Å². The Morgan fingerprint density at radius 3 is 2.24 bits per heavy atom. The van der Waals surface area contributed by atoms with Crippen molar-refractivity contribution in [3.63, 3.8) is 0 Å².